The van der Waals surface area contributed by atoms with E-state index in [9.17, 15) is 14.0 Å². The molecule has 0 aliphatic heterocycles. The maximum atomic E-state index is 13.5. The number of aryl methyl sites for hydroxylation is 1. The average Bonchev–Trinajstić information content (AvgIpc) is 2.60. The molecule has 0 aliphatic carbocycles. The number of amides is 2. The first-order valence-electron chi connectivity index (χ1n) is 7.70. The molecule has 4 nitrogen and oxygen atoms in total. The van der Waals surface area contributed by atoms with E-state index in [-0.39, 0.29) is 37.1 Å². The van der Waals surface area contributed by atoms with E-state index in [0.717, 1.165) is 0 Å². The Hall–Kier alpha value is -2.11. The summed E-state index contributed by atoms with van der Waals surface area (Å²) in [7, 11) is 0. The largest absolute Gasteiger partial charge is 0.354 e. The lowest BCUT2D eigenvalue weighted by Gasteiger charge is -2.08. The molecule has 0 bridgehead atoms. The number of carbonyl (C=O) groups excluding carboxylic acids is 2. The molecular formula is C18H17Cl2FN2O2. The Morgan fingerprint density at radius 1 is 0.960 bits per heavy atom. The minimum Gasteiger partial charge on any atom is -0.354 e. The van der Waals surface area contributed by atoms with E-state index in [4.69, 9.17) is 23.2 Å². The van der Waals surface area contributed by atoms with Crippen LogP contribution in [0.25, 0.3) is 0 Å². The van der Waals surface area contributed by atoms with Gasteiger partial charge in [-0.3, -0.25) is 9.59 Å². The second-order valence-corrected chi connectivity index (χ2v) is 6.14. The van der Waals surface area contributed by atoms with Gasteiger partial charge in [0, 0.05) is 25.1 Å². The van der Waals surface area contributed by atoms with Crippen LogP contribution in [0.5, 0.6) is 0 Å². The van der Waals surface area contributed by atoms with Crippen LogP contribution < -0.4 is 10.6 Å². The SMILES string of the molecule is O=C(CCc1ccccc1F)NCCNC(=O)c1ccc(Cl)c(Cl)c1. The molecule has 0 saturated heterocycles. The molecule has 0 unspecified atom stereocenters. The summed E-state index contributed by atoms with van der Waals surface area (Å²) in [4.78, 5) is 23.7. The van der Waals surface area contributed by atoms with Crippen molar-refractivity contribution in [3.63, 3.8) is 0 Å². The Kier molecular flexibility index (Phi) is 7.22. The molecule has 2 amide bonds. The molecular weight excluding hydrogens is 366 g/mol. The summed E-state index contributed by atoms with van der Waals surface area (Å²) in [5, 5.41) is 6.02. The van der Waals surface area contributed by atoms with Gasteiger partial charge in [0.25, 0.3) is 5.91 Å². The van der Waals surface area contributed by atoms with Crippen molar-refractivity contribution in [2.75, 3.05) is 13.1 Å². The van der Waals surface area contributed by atoms with Gasteiger partial charge in [-0.15, -0.1) is 0 Å². The van der Waals surface area contributed by atoms with Crippen molar-refractivity contribution in [2.45, 2.75) is 12.8 Å². The van der Waals surface area contributed by atoms with Crippen molar-refractivity contribution in [2.24, 2.45) is 0 Å². The maximum Gasteiger partial charge on any atom is 0.251 e. The van der Waals surface area contributed by atoms with Crippen molar-refractivity contribution in [3.05, 3.63) is 69.5 Å². The number of halogens is 3. The highest BCUT2D eigenvalue weighted by Gasteiger charge is 2.08. The third kappa shape index (κ3) is 6.03. The van der Waals surface area contributed by atoms with E-state index in [0.29, 0.717) is 27.6 Å². The zero-order chi connectivity index (χ0) is 18.2. The second-order valence-electron chi connectivity index (χ2n) is 5.33. The Morgan fingerprint density at radius 3 is 2.40 bits per heavy atom. The van der Waals surface area contributed by atoms with Crippen LogP contribution in [0.2, 0.25) is 10.0 Å². The highest BCUT2D eigenvalue weighted by atomic mass is 35.5. The smallest absolute Gasteiger partial charge is 0.251 e. The molecule has 25 heavy (non-hydrogen) atoms. The molecule has 0 aliphatic rings. The average molecular weight is 383 g/mol. The predicted octanol–water partition coefficient (Wildman–Crippen LogP) is 3.61. The van der Waals surface area contributed by atoms with Gasteiger partial charge in [-0.25, -0.2) is 4.39 Å². The van der Waals surface area contributed by atoms with Gasteiger partial charge >= 0.3 is 0 Å². The molecule has 132 valence electrons. The zero-order valence-electron chi connectivity index (χ0n) is 13.3. The van der Waals surface area contributed by atoms with Crippen molar-refractivity contribution >= 4 is 35.0 Å². The fourth-order valence-electron chi connectivity index (χ4n) is 2.16. The molecule has 2 aromatic rings. The molecule has 0 saturated carbocycles. The number of rotatable bonds is 7. The highest BCUT2D eigenvalue weighted by Crippen LogP contribution is 2.22. The van der Waals surface area contributed by atoms with Gasteiger partial charge in [0.2, 0.25) is 5.91 Å². The van der Waals surface area contributed by atoms with Gasteiger partial charge in [0.05, 0.1) is 10.0 Å². The van der Waals surface area contributed by atoms with E-state index in [1.165, 1.54) is 12.1 Å². The number of nitrogens with one attached hydrogen (secondary N) is 2. The van der Waals surface area contributed by atoms with Crippen LogP contribution in [0.4, 0.5) is 4.39 Å². The number of benzene rings is 2. The molecule has 2 aromatic carbocycles. The van der Waals surface area contributed by atoms with Gasteiger partial charge in [0.15, 0.2) is 0 Å². The highest BCUT2D eigenvalue weighted by molar-refractivity contribution is 6.42. The maximum absolute atomic E-state index is 13.5. The predicted molar refractivity (Wildman–Crippen MR) is 96.5 cm³/mol. The summed E-state index contributed by atoms with van der Waals surface area (Å²) in [5.41, 5.74) is 0.894. The molecule has 0 heterocycles. The summed E-state index contributed by atoms with van der Waals surface area (Å²) < 4.78 is 13.5. The van der Waals surface area contributed by atoms with E-state index in [2.05, 4.69) is 10.6 Å². The lowest BCUT2D eigenvalue weighted by atomic mass is 10.1. The normalized spacial score (nSPS) is 10.4. The first-order chi connectivity index (χ1) is 12.0. The van der Waals surface area contributed by atoms with Gasteiger partial charge < -0.3 is 10.6 Å². The molecule has 0 aromatic heterocycles. The Bertz CT molecular complexity index is 768. The number of carbonyl (C=O) groups is 2. The first-order valence-corrected chi connectivity index (χ1v) is 8.46. The Labute approximate surface area is 155 Å². The molecule has 0 fully saturated rings. The van der Waals surface area contributed by atoms with Crippen LogP contribution in [-0.2, 0) is 11.2 Å². The third-order valence-electron chi connectivity index (χ3n) is 3.49. The number of hydrogen-bond acceptors (Lipinski definition) is 2. The Balaban J connectivity index is 1.68. The summed E-state index contributed by atoms with van der Waals surface area (Å²) >= 11 is 11.7. The summed E-state index contributed by atoms with van der Waals surface area (Å²) in [6.07, 6.45) is 0.510. The van der Waals surface area contributed by atoms with E-state index in [1.54, 1.807) is 30.3 Å². The molecule has 2 rings (SSSR count). The molecule has 2 N–H and O–H groups in total. The van der Waals surface area contributed by atoms with E-state index < -0.39 is 0 Å². The van der Waals surface area contributed by atoms with Crippen molar-refractivity contribution < 1.29 is 14.0 Å². The van der Waals surface area contributed by atoms with E-state index in [1.807, 2.05) is 0 Å². The van der Waals surface area contributed by atoms with Crippen molar-refractivity contribution in [1.82, 2.24) is 10.6 Å². The molecule has 0 spiro atoms. The lowest BCUT2D eigenvalue weighted by Crippen LogP contribution is -2.34. The van der Waals surface area contributed by atoms with Crippen molar-refractivity contribution in [1.29, 1.82) is 0 Å². The van der Waals surface area contributed by atoms with Gasteiger partial charge in [-0.2, -0.15) is 0 Å². The van der Waals surface area contributed by atoms with Gasteiger partial charge in [-0.1, -0.05) is 41.4 Å². The van der Waals surface area contributed by atoms with Gasteiger partial charge in [0.1, 0.15) is 5.82 Å². The van der Waals surface area contributed by atoms with Crippen LogP contribution in [0.15, 0.2) is 42.5 Å². The van der Waals surface area contributed by atoms with Crippen LogP contribution in [0.3, 0.4) is 0 Å². The minimum absolute atomic E-state index is 0.182. The molecule has 7 heteroatoms. The summed E-state index contributed by atoms with van der Waals surface area (Å²) in [5.74, 6) is -0.824. The fraction of sp³-hybridized carbons (Fsp3) is 0.222. The van der Waals surface area contributed by atoms with Crippen molar-refractivity contribution in [3.8, 4) is 0 Å². The van der Waals surface area contributed by atoms with Crippen LogP contribution >= 0.6 is 23.2 Å². The molecule has 0 radical (unpaired) electrons. The van der Waals surface area contributed by atoms with Gasteiger partial charge in [-0.05, 0) is 36.2 Å². The monoisotopic (exact) mass is 382 g/mol. The molecule has 0 atom stereocenters. The summed E-state index contributed by atoms with van der Waals surface area (Å²) in [6, 6.07) is 10.9. The lowest BCUT2D eigenvalue weighted by molar-refractivity contribution is -0.121. The van der Waals surface area contributed by atoms with Crippen LogP contribution in [0, 0.1) is 5.82 Å². The fourth-order valence-corrected chi connectivity index (χ4v) is 2.45. The third-order valence-corrected chi connectivity index (χ3v) is 4.23. The number of hydrogen-bond donors (Lipinski definition) is 2. The Morgan fingerprint density at radius 2 is 1.68 bits per heavy atom. The van der Waals surface area contributed by atoms with Crippen LogP contribution in [-0.4, -0.2) is 24.9 Å². The standard InChI is InChI=1S/C18H17Cl2FN2O2/c19-14-7-5-13(11-15(14)20)18(25)23-10-9-22-17(24)8-6-12-3-1-2-4-16(12)21/h1-5,7,11H,6,8-10H2,(H,22,24)(H,23,25). The zero-order valence-corrected chi connectivity index (χ0v) is 14.8. The van der Waals surface area contributed by atoms with E-state index >= 15 is 0 Å². The second kappa shape index (κ2) is 9.39. The topological polar surface area (TPSA) is 58.2 Å². The first kappa shape index (κ1) is 19.2. The summed E-state index contributed by atoms with van der Waals surface area (Å²) in [6.45, 7) is 0.549. The quantitative estimate of drug-likeness (QED) is 0.718. The van der Waals surface area contributed by atoms with Crippen LogP contribution in [0.1, 0.15) is 22.3 Å². The minimum atomic E-state index is -0.316.